The molecule has 0 amide bonds. The Labute approximate surface area is 93.7 Å². The van der Waals surface area contributed by atoms with Crippen LogP contribution in [-0.4, -0.2) is 25.0 Å². The van der Waals surface area contributed by atoms with E-state index in [1.165, 1.54) is 0 Å². The van der Waals surface area contributed by atoms with E-state index in [-0.39, 0.29) is 0 Å². The molecule has 1 aromatic carbocycles. The molecule has 78 valence electrons. The van der Waals surface area contributed by atoms with E-state index >= 15 is 0 Å². The summed E-state index contributed by atoms with van der Waals surface area (Å²) in [6.07, 6.45) is 0. The summed E-state index contributed by atoms with van der Waals surface area (Å²) in [5, 5.41) is 0. The molecule has 1 aromatic rings. The average Bonchev–Trinajstić information content (AvgIpc) is 2.24. The van der Waals surface area contributed by atoms with Gasteiger partial charge in [-0.1, -0.05) is 6.07 Å². The molecular formula is C10H12Cl2O2. The molecule has 0 saturated carbocycles. The van der Waals surface area contributed by atoms with Gasteiger partial charge in [0.25, 0.3) is 0 Å². The molecule has 0 spiro atoms. The van der Waals surface area contributed by atoms with Crippen LogP contribution in [0.15, 0.2) is 24.3 Å². The van der Waals surface area contributed by atoms with Gasteiger partial charge >= 0.3 is 0 Å². The maximum Gasteiger partial charge on any atom is 0.123 e. The largest absolute Gasteiger partial charge is 0.492 e. The number of alkyl halides is 2. The van der Waals surface area contributed by atoms with Gasteiger partial charge in [0.05, 0.1) is 11.8 Å². The van der Waals surface area contributed by atoms with Crippen LogP contribution in [0.4, 0.5) is 0 Å². The summed E-state index contributed by atoms with van der Waals surface area (Å²) >= 11 is 11.0. The van der Waals surface area contributed by atoms with Gasteiger partial charge in [-0.25, -0.2) is 0 Å². The molecule has 0 atom stereocenters. The van der Waals surface area contributed by atoms with Gasteiger partial charge in [0.1, 0.15) is 24.7 Å². The second-order valence-electron chi connectivity index (χ2n) is 2.55. The van der Waals surface area contributed by atoms with Gasteiger partial charge < -0.3 is 9.47 Å². The second-order valence-corrected chi connectivity index (χ2v) is 3.31. The van der Waals surface area contributed by atoms with E-state index in [2.05, 4.69) is 0 Å². The molecule has 4 heteroatoms. The van der Waals surface area contributed by atoms with E-state index < -0.39 is 0 Å². The fraction of sp³-hybridized carbons (Fsp3) is 0.400. The Bertz CT molecular complexity index is 243. The summed E-state index contributed by atoms with van der Waals surface area (Å²) in [5.74, 6) is 2.48. The van der Waals surface area contributed by atoms with Crippen LogP contribution in [0.2, 0.25) is 0 Å². The molecule has 0 aliphatic heterocycles. The van der Waals surface area contributed by atoms with Gasteiger partial charge in [0.15, 0.2) is 0 Å². The predicted molar refractivity (Wildman–Crippen MR) is 58.9 cm³/mol. The SMILES string of the molecule is ClCCOc1cccc(OCCCl)c1. The number of rotatable bonds is 6. The molecule has 2 nitrogen and oxygen atoms in total. The van der Waals surface area contributed by atoms with Crippen molar-refractivity contribution in [2.24, 2.45) is 0 Å². The zero-order valence-electron chi connectivity index (χ0n) is 7.71. The van der Waals surface area contributed by atoms with Crippen LogP contribution < -0.4 is 9.47 Å². The first kappa shape index (κ1) is 11.5. The van der Waals surface area contributed by atoms with E-state index in [9.17, 15) is 0 Å². The van der Waals surface area contributed by atoms with E-state index in [0.717, 1.165) is 11.5 Å². The first-order valence-electron chi connectivity index (χ1n) is 4.34. The molecule has 0 aromatic heterocycles. The smallest absolute Gasteiger partial charge is 0.123 e. The standard InChI is InChI=1S/C10H12Cl2O2/c11-4-6-13-9-2-1-3-10(8-9)14-7-5-12/h1-3,8H,4-7H2. The van der Waals surface area contributed by atoms with E-state index in [1.54, 1.807) is 0 Å². The van der Waals surface area contributed by atoms with Gasteiger partial charge in [0, 0.05) is 6.07 Å². The molecule has 0 fully saturated rings. The lowest BCUT2D eigenvalue weighted by Crippen LogP contribution is -2.00. The van der Waals surface area contributed by atoms with E-state index in [1.807, 2.05) is 24.3 Å². The van der Waals surface area contributed by atoms with Gasteiger partial charge in [0.2, 0.25) is 0 Å². The van der Waals surface area contributed by atoms with Crippen LogP contribution in [0, 0.1) is 0 Å². The Balaban J connectivity index is 2.50. The molecule has 0 bridgehead atoms. The van der Waals surface area contributed by atoms with Crippen LogP contribution in [0.5, 0.6) is 11.5 Å². The zero-order chi connectivity index (χ0) is 10.2. The Morgan fingerprint density at radius 2 is 1.43 bits per heavy atom. The number of hydrogen-bond donors (Lipinski definition) is 0. The highest BCUT2D eigenvalue weighted by molar-refractivity contribution is 6.18. The summed E-state index contributed by atoms with van der Waals surface area (Å²) < 4.78 is 10.7. The Morgan fingerprint density at radius 1 is 0.929 bits per heavy atom. The molecule has 0 heterocycles. The number of halogens is 2. The first-order chi connectivity index (χ1) is 6.86. The maximum absolute atomic E-state index is 5.50. The molecule has 0 saturated heterocycles. The number of ether oxygens (including phenoxy) is 2. The summed E-state index contributed by atoms with van der Waals surface area (Å²) in [5.41, 5.74) is 0. The maximum atomic E-state index is 5.50. The number of hydrogen-bond acceptors (Lipinski definition) is 2. The third-order valence-corrected chi connectivity index (χ3v) is 1.81. The normalized spacial score (nSPS) is 9.86. The quantitative estimate of drug-likeness (QED) is 0.706. The van der Waals surface area contributed by atoms with Crippen molar-refractivity contribution in [3.05, 3.63) is 24.3 Å². The molecule has 0 unspecified atom stereocenters. The predicted octanol–water partition coefficient (Wildman–Crippen LogP) is 2.92. The fourth-order valence-corrected chi connectivity index (χ4v) is 1.12. The summed E-state index contributed by atoms with van der Waals surface area (Å²) in [6, 6.07) is 7.41. The van der Waals surface area contributed by atoms with Crippen molar-refractivity contribution < 1.29 is 9.47 Å². The molecule has 0 aliphatic rings. The fourth-order valence-electron chi connectivity index (χ4n) is 0.967. The Morgan fingerprint density at radius 3 is 1.86 bits per heavy atom. The number of benzene rings is 1. The van der Waals surface area contributed by atoms with Crippen molar-refractivity contribution in [3.8, 4) is 11.5 Å². The van der Waals surface area contributed by atoms with Crippen molar-refractivity contribution in [1.29, 1.82) is 0 Å². The average molecular weight is 235 g/mol. The summed E-state index contributed by atoms with van der Waals surface area (Å²) in [6.45, 7) is 1.00. The minimum absolute atomic E-state index is 0.479. The molecule has 0 aliphatic carbocycles. The minimum Gasteiger partial charge on any atom is -0.492 e. The second kappa shape index (κ2) is 6.80. The summed E-state index contributed by atoms with van der Waals surface area (Å²) in [4.78, 5) is 0. The Hall–Kier alpha value is -0.600. The van der Waals surface area contributed by atoms with Gasteiger partial charge in [-0.15, -0.1) is 23.2 Å². The monoisotopic (exact) mass is 234 g/mol. The minimum atomic E-state index is 0.479. The van der Waals surface area contributed by atoms with Crippen LogP contribution in [0.1, 0.15) is 0 Å². The van der Waals surface area contributed by atoms with Crippen LogP contribution >= 0.6 is 23.2 Å². The van der Waals surface area contributed by atoms with Crippen LogP contribution in [0.3, 0.4) is 0 Å². The van der Waals surface area contributed by atoms with Gasteiger partial charge in [-0.2, -0.15) is 0 Å². The lowest BCUT2D eigenvalue weighted by atomic mass is 10.3. The summed E-state index contributed by atoms with van der Waals surface area (Å²) in [7, 11) is 0. The first-order valence-corrected chi connectivity index (χ1v) is 5.41. The molecule has 1 rings (SSSR count). The Kier molecular flexibility index (Phi) is 5.57. The van der Waals surface area contributed by atoms with Crippen molar-refractivity contribution in [3.63, 3.8) is 0 Å². The van der Waals surface area contributed by atoms with E-state index in [4.69, 9.17) is 32.7 Å². The van der Waals surface area contributed by atoms with Crippen LogP contribution in [0.25, 0.3) is 0 Å². The van der Waals surface area contributed by atoms with Gasteiger partial charge in [-0.3, -0.25) is 0 Å². The molecule has 0 N–H and O–H groups in total. The van der Waals surface area contributed by atoms with Crippen molar-refractivity contribution in [2.45, 2.75) is 0 Å². The van der Waals surface area contributed by atoms with Crippen molar-refractivity contribution in [2.75, 3.05) is 25.0 Å². The molecular weight excluding hydrogens is 223 g/mol. The van der Waals surface area contributed by atoms with Crippen molar-refractivity contribution >= 4 is 23.2 Å². The third kappa shape index (κ3) is 4.07. The zero-order valence-corrected chi connectivity index (χ0v) is 9.22. The highest BCUT2D eigenvalue weighted by Gasteiger charge is 1.96. The van der Waals surface area contributed by atoms with E-state index in [0.29, 0.717) is 25.0 Å². The van der Waals surface area contributed by atoms with Crippen LogP contribution in [-0.2, 0) is 0 Å². The highest BCUT2D eigenvalue weighted by atomic mass is 35.5. The molecule has 14 heavy (non-hydrogen) atoms. The lowest BCUT2D eigenvalue weighted by molar-refractivity contribution is 0.325. The third-order valence-electron chi connectivity index (χ3n) is 1.50. The topological polar surface area (TPSA) is 18.5 Å². The molecule has 0 radical (unpaired) electrons. The van der Waals surface area contributed by atoms with Crippen molar-refractivity contribution in [1.82, 2.24) is 0 Å². The lowest BCUT2D eigenvalue weighted by Gasteiger charge is -2.07. The highest BCUT2D eigenvalue weighted by Crippen LogP contribution is 2.19. The van der Waals surface area contributed by atoms with Gasteiger partial charge in [-0.05, 0) is 12.1 Å².